The van der Waals surface area contributed by atoms with Gasteiger partial charge in [0.05, 0.1) is 5.56 Å². The van der Waals surface area contributed by atoms with E-state index >= 15 is 0 Å². The maximum atomic E-state index is 12.6. The van der Waals surface area contributed by atoms with Crippen molar-refractivity contribution < 1.29 is 19.4 Å². The van der Waals surface area contributed by atoms with E-state index in [-0.39, 0.29) is 12.0 Å². The lowest BCUT2D eigenvalue weighted by Crippen LogP contribution is -2.44. The van der Waals surface area contributed by atoms with Crippen LogP contribution in [0, 0.1) is 12.3 Å². The number of piperidine rings is 1. The van der Waals surface area contributed by atoms with E-state index < -0.39 is 5.97 Å². The molecule has 3 aliphatic rings. The van der Waals surface area contributed by atoms with E-state index in [9.17, 15) is 14.7 Å². The van der Waals surface area contributed by atoms with Crippen LogP contribution in [0.3, 0.4) is 0 Å². The summed E-state index contributed by atoms with van der Waals surface area (Å²) in [5, 5.41) is 9.39. The Labute approximate surface area is 183 Å². The van der Waals surface area contributed by atoms with Gasteiger partial charge >= 0.3 is 5.97 Å². The number of nitrogens with zero attached hydrogens (tertiary/aromatic N) is 1. The first-order valence-electron chi connectivity index (χ1n) is 11.3. The number of likely N-dealkylation sites (tertiary alicyclic amines) is 1. The molecule has 0 aromatic heterocycles. The highest BCUT2D eigenvalue weighted by Crippen LogP contribution is 2.65. The molecule has 5 rings (SSSR count). The van der Waals surface area contributed by atoms with Crippen molar-refractivity contribution in [3.05, 3.63) is 59.2 Å². The maximum Gasteiger partial charge on any atom is 0.335 e. The molecule has 1 amide bonds. The normalized spacial score (nSPS) is 24.4. The minimum atomic E-state index is -0.889. The molecule has 1 N–H and O–H groups in total. The van der Waals surface area contributed by atoms with Crippen LogP contribution >= 0.6 is 0 Å². The summed E-state index contributed by atoms with van der Waals surface area (Å²) in [7, 11) is 0. The van der Waals surface area contributed by atoms with Crippen molar-refractivity contribution >= 4 is 11.9 Å². The maximum absolute atomic E-state index is 12.6. The summed E-state index contributed by atoms with van der Waals surface area (Å²) in [4.78, 5) is 26.1. The number of carboxylic acids is 1. The number of hydrogen-bond acceptors (Lipinski definition) is 3. The topological polar surface area (TPSA) is 66.8 Å². The van der Waals surface area contributed by atoms with E-state index in [2.05, 4.69) is 24.3 Å². The molecule has 1 aliphatic carbocycles. The van der Waals surface area contributed by atoms with Gasteiger partial charge in [0.2, 0.25) is 0 Å². The lowest BCUT2D eigenvalue weighted by Gasteiger charge is -2.34. The van der Waals surface area contributed by atoms with E-state index in [1.807, 2.05) is 17.9 Å². The molecule has 2 aromatic rings. The van der Waals surface area contributed by atoms with E-state index in [1.165, 1.54) is 12.0 Å². The van der Waals surface area contributed by atoms with Gasteiger partial charge in [-0.2, -0.15) is 0 Å². The highest BCUT2D eigenvalue weighted by molar-refractivity contribution is 5.92. The van der Waals surface area contributed by atoms with Crippen molar-refractivity contribution in [3.8, 4) is 11.1 Å². The van der Waals surface area contributed by atoms with Crippen LogP contribution in [0.4, 0.5) is 0 Å². The number of aromatic carboxylic acids is 1. The smallest absolute Gasteiger partial charge is 0.335 e. The van der Waals surface area contributed by atoms with Crippen LogP contribution in [0.1, 0.15) is 59.5 Å². The lowest BCUT2D eigenvalue weighted by molar-refractivity contribution is -0.142. The highest BCUT2D eigenvalue weighted by Gasteiger charge is 2.55. The van der Waals surface area contributed by atoms with E-state index in [0.29, 0.717) is 23.5 Å². The molecule has 5 heteroatoms. The molecule has 0 radical (unpaired) electrons. The third-order valence-corrected chi connectivity index (χ3v) is 7.65. The van der Waals surface area contributed by atoms with Crippen molar-refractivity contribution in [1.82, 2.24) is 4.90 Å². The second-order valence-corrected chi connectivity index (χ2v) is 9.35. The molecule has 2 heterocycles. The Bertz CT molecular complexity index is 999. The Kier molecular flexibility index (Phi) is 5.09. The molecule has 2 saturated heterocycles. The summed E-state index contributed by atoms with van der Waals surface area (Å²) in [5.74, 6) is -0.138. The zero-order chi connectivity index (χ0) is 21.6. The van der Waals surface area contributed by atoms with Gasteiger partial charge in [-0.3, -0.25) is 4.79 Å². The van der Waals surface area contributed by atoms with Crippen LogP contribution in [0.2, 0.25) is 0 Å². The average molecular weight is 420 g/mol. The molecular weight excluding hydrogens is 390 g/mol. The van der Waals surface area contributed by atoms with E-state index in [4.69, 9.17) is 4.74 Å². The predicted molar refractivity (Wildman–Crippen MR) is 118 cm³/mol. The number of carbonyl (C=O) groups excluding carboxylic acids is 1. The second kappa shape index (κ2) is 7.79. The molecule has 3 fully saturated rings. The van der Waals surface area contributed by atoms with Gasteiger partial charge < -0.3 is 14.7 Å². The van der Waals surface area contributed by atoms with Gasteiger partial charge in [0.15, 0.2) is 0 Å². The summed E-state index contributed by atoms with van der Waals surface area (Å²) in [6.45, 7) is 4.27. The molecule has 1 spiro atoms. The molecule has 2 aromatic carbocycles. The Balaban J connectivity index is 1.25. The van der Waals surface area contributed by atoms with E-state index in [1.54, 1.807) is 12.1 Å². The van der Waals surface area contributed by atoms with Crippen LogP contribution < -0.4 is 0 Å². The van der Waals surface area contributed by atoms with Gasteiger partial charge in [-0.25, -0.2) is 4.79 Å². The summed E-state index contributed by atoms with van der Waals surface area (Å²) in [6.07, 6.45) is 4.98. The van der Waals surface area contributed by atoms with Gasteiger partial charge in [0, 0.05) is 19.7 Å². The highest BCUT2D eigenvalue weighted by atomic mass is 16.5. The number of hydrogen-bond donors (Lipinski definition) is 1. The molecule has 5 nitrogen and oxygen atoms in total. The van der Waals surface area contributed by atoms with Crippen molar-refractivity contribution in [2.45, 2.75) is 51.0 Å². The molecular formula is C26H29NO4. The number of rotatable bonds is 4. The predicted octanol–water partition coefficient (Wildman–Crippen LogP) is 4.64. The molecule has 1 saturated carbocycles. The standard InChI is InChI=1S/C26H29NO4/c1-17-20(4-2-5-21(17)25(29)30)18-7-9-19(10-8-18)22-16-26(22)11-13-27(14-12-26)24(28)23-6-3-15-31-23/h2,4-5,7-10,22-23H,3,6,11-16H2,1H3,(H,29,30)/t22-,23+/m0/s1. The molecule has 2 atom stereocenters. The number of amides is 1. The Hall–Kier alpha value is -2.66. The zero-order valence-electron chi connectivity index (χ0n) is 18.0. The summed E-state index contributed by atoms with van der Waals surface area (Å²) in [6, 6.07) is 14.1. The monoisotopic (exact) mass is 419 g/mol. The fourth-order valence-corrected chi connectivity index (χ4v) is 5.60. The van der Waals surface area contributed by atoms with Crippen molar-refractivity contribution in [1.29, 1.82) is 0 Å². The van der Waals surface area contributed by atoms with Gasteiger partial charge in [-0.15, -0.1) is 0 Å². The molecule has 2 aliphatic heterocycles. The van der Waals surface area contributed by atoms with Crippen LogP contribution in [0.5, 0.6) is 0 Å². The molecule has 0 unspecified atom stereocenters. The van der Waals surface area contributed by atoms with Crippen LogP contribution in [-0.4, -0.2) is 47.7 Å². The summed E-state index contributed by atoms with van der Waals surface area (Å²) < 4.78 is 5.58. The van der Waals surface area contributed by atoms with Crippen molar-refractivity contribution in [3.63, 3.8) is 0 Å². The molecule has 0 bridgehead atoms. The second-order valence-electron chi connectivity index (χ2n) is 9.35. The van der Waals surface area contributed by atoms with Gasteiger partial charge in [-0.05, 0) is 78.7 Å². The Morgan fingerprint density at radius 1 is 1.10 bits per heavy atom. The molecule has 31 heavy (non-hydrogen) atoms. The fraction of sp³-hybridized carbons (Fsp3) is 0.462. The van der Waals surface area contributed by atoms with Gasteiger partial charge in [0.1, 0.15) is 6.10 Å². The minimum Gasteiger partial charge on any atom is -0.478 e. The third-order valence-electron chi connectivity index (χ3n) is 7.65. The fourth-order valence-electron chi connectivity index (χ4n) is 5.60. The molecule has 162 valence electrons. The first-order valence-corrected chi connectivity index (χ1v) is 11.3. The number of carboxylic acid groups (broad SMARTS) is 1. The van der Waals surface area contributed by atoms with E-state index in [0.717, 1.165) is 55.5 Å². The van der Waals surface area contributed by atoms with Crippen LogP contribution in [-0.2, 0) is 9.53 Å². The van der Waals surface area contributed by atoms with Gasteiger partial charge in [-0.1, -0.05) is 36.4 Å². The van der Waals surface area contributed by atoms with Crippen molar-refractivity contribution in [2.24, 2.45) is 5.41 Å². The summed E-state index contributed by atoms with van der Waals surface area (Å²) >= 11 is 0. The minimum absolute atomic E-state index is 0.188. The average Bonchev–Trinajstić information content (AvgIpc) is 3.20. The number of carbonyl (C=O) groups is 2. The lowest BCUT2D eigenvalue weighted by atomic mass is 9.88. The van der Waals surface area contributed by atoms with Crippen LogP contribution in [0.25, 0.3) is 11.1 Å². The van der Waals surface area contributed by atoms with Gasteiger partial charge in [0.25, 0.3) is 5.91 Å². The number of ether oxygens (including phenoxy) is 1. The first-order chi connectivity index (χ1) is 15.0. The first kappa shape index (κ1) is 20.3. The summed E-state index contributed by atoms with van der Waals surface area (Å²) in [5.41, 5.74) is 4.87. The number of benzene rings is 2. The van der Waals surface area contributed by atoms with Crippen LogP contribution in [0.15, 0.2) is 42.5 Å². The quantitative estimate of drug-likeness (QED) is 0.784. The zero-order valence-corrected chi connectivity index (χ0v) is 18.0. The Morgan fingerprint density at radius 3 is 2.48 bits per heavy atom. The largest absolute Gasteiger partial charge is 0.478 e. The Morgan fingerprint density at radius 2 is 1.84 bits per heavy atom. The van der Waals surface area contributed by atoms with Crippen molar-refractivity contribution in [2.75, 3.05) is 19.7 Å². The third kappa shape index (κ3) is 3.65. The SMILES string of the molecule is Cc1c(C(=O)O)cccc1-c1ccc([C@@H]2CC23CCN(C(=O)[C@H]2CCCO2)CC3)cc1.